The molecule has 4 rings (SSSR count). The molecule has 0 saturated carbocycles. The molecule has 3 heterocycles. The Morgan fingerprint density at radius 1 is 0.935 bits per heavy atom. The lowest BCUT2D eigenvalue weighted by atomic mass is 10.3. The summed E-state index contributed by atoms with van der Waals surface area (Å²) in [6, 6.07) is 9.39. The van der Waals surface area contributed by atoms with Gasteiger partial charge in [0.1, 0.15) is 23.2 Å². The van der Waals surface area contributed by atoms with Gasteiger partial charge in [-0.05, 0) is 26.1 Å². The first kappa shape index (κ1) is 21.2. The zero-order chi connectivity index (χ0) is 21.8. The number of anilines is 3. The van der Waals surface area contributed by atoms with Crippen LogP contribution >= 0.6 is 0 Å². The number of aromatic nitrogens is 2. The lowest BCUT2D eigenvalue weighted by Crippen LogP contribution is -2.50. The van der Waals surface area contributed by atoms with Crippen LogP contribution in [0.5, 0.6) is 5.75 Å². The number of methoxy groups -OCH3 is 1. The van der Waals surface area contributed by atoms with Crippen molar-refractivity contribution in [3.8, 4) is 5.75 Å². The van der Waals surface area contributed by atoms with Crippen molar-refractivity contribution in [2.45, 2.75) is 6.92 Å². The van der Waals surface area contributed by atoms with Crippen molar-refractivity contribution in [3.05, 3.63) is 36.2 Å². The van der Waals surface area contributed by atoms with Gasteiger partial charge in [0.2, 0.25) is 0 Å². The molecule has 0 aliphatic carbocycles. The quantitative estimate of drug-likeness (QED) is 0.802. The van der Waals surface area contributed by atoms with Crippen molar-refractivity contribution >= 4 is 23.4 Å². The van der Waals surface area contributed by atoms with Crippen molar-refractivity contribution in [1.82, 2.24) is 19.8 Å². The summed E-state index contributed by atoms with van der Waals surface area (Å²) < 4.78 is 5.22. The number of hydrogen-bond donors (Lipinski definition) is 1. The Morgan fingerprint density at radius 3 is 2.16 bits per heavy atom. The molecule has 2 saturated heterocycles. The van der Waals surface area contributed by atoms with Crippen molar-refractivity contribution in [2.24, 2.45) is 0 Å². The fraction of sp³-hybridized carbons (Fsp3) is 0.500. The lowest BCUT2D eigenvalue weighted by Gasteiger charge is -2.36. The van der Waals surface area contributed by atoms with Crippen LogP contribution in [0.15, 0.2) is 30.3 Å². The molecular weight excluding hydrogens is 394 g/mol. The van der Waals surface area contributed by atoms with Crippen LogP contribution in [-0.4, -0.2) is 92.3 Å². The van der Waals surface area contributed by atoms with E-state index < -0.39 is 0 Å². The molecule has 2 amide bonds. The van der Waals surface area contributed by atoms with Crippen LogP contribution in [0.2, 0.25) is 0 Å². The van der Waals surface area contributed by atoms with Crippen molar-refractivity contribution in [1.29, 1.82) is 0 Å². The van der Waals surface area contributed by atoms with Crippen molar-refractivity contribution in [3.63, 3.8) is 0 Å². The van der Waals surface area contributed by atoms with Crippen LogP contribution in [0.25, 0.3) is 0 Å². The summed E-state index contributed by atoms with van der Waals surface area (Å²) in [5.41, 5.74) is 0.732. The van der Waals surface area contributed by atoms with Gasteiger partial charge in [-0.2, -0.15) is 0 Å². The van der Waals surface area contributed by atoms with Gasteiger partial charge in [0.15, 0.2) is 0 Å². The van der Waals surface area contributed by atoms with Gasteiger partial charge in [0, 0.05) is 70.2 Å². The zero-order valence-corrected chi connectivity index (χ0v) is 18.5. The van der Waals surface area contributed by atoms with Gasteiger partial charge < -0.3 is 29.7 Å². The van der Waals surface area contributed by atoms with Gasteiger partial charge in [-0.3, -0.25) is 0 Å². The minimum absolute atomic E-state index is 0.0927. The Kier molecular flexibility index (Phi) is 6.41. The van der Waals surface area contributed by atoms with Crippen molar-refractivity contribution < 1.29 is 9.53 Å². The number of amides is 2. The molecule has 1 N–H and O–H groups in total. The number of hydrogen-bond acceptors (Lipinski definition) is 7. The number of ether oxygens (including phenoxy) is 1. The first-order valence-electron chi connectivity index (χ1n) is 10.8. The number of benzene rings is 1. The van der Waals surface area contributed by atoms with E-state index in [2.05, 4.69) is 43.1 Å². The van der Waals surface area contributed by atoms with Crippen LogP contribution in [0.3, 0.4) is 0 Å². The predicted octanol–water partition coefficient (Wildman–Crippen LogP) is 1.90. The fourth-order valence-corrected chi connectivity index (χ4v) is 3.94. The molecule has 31 heavy (non-hydrogen) atoms. The van der Waals surface area contributed by atoms with Gasteiger partial charge in [-0.1, -0.05) is 6.07 Å². The molecule has 0 bridgehead atoms. The molecule has 0 spiro atoms. The first-order valence-corrected chi connectivity index (χ1v) is 10.8. The highest BCUT2D eigenvalue weighted by Crippen LogP contribution is 2.22. The molecule has 1 aromatic heterocycles. The van der Waals surface area contributed by atoms with Crippen LogP contribution in [0.1, 0.15) is 5.82 Å². The number of nitrogens with zero attached hydrogens (tertiary/aromatic N) is 6. The highest BCUT2D eigenvalue weighted by atomic mass is 16.5. The molecule has 2 fully saturated rings. The normalized spacial score (nSPS) is 17.6. The summed E-state index contributed by atoms with van der Waals surface area (Å²) in [4.78, 5) is 30.7. The zero-order valence-electron chi connectivity index (χ0n) is 18.5. The molecule has 9 heteroatoms. The molecule has 9 nitrogen and oxygen atoms in total. The summed E-state index contributed by atoms with van der Waals surface area (Å²) in [5.74, 6) is 3.44. The molecule has 0 radical (unpaired) electrons. The minimum atomic E-state index is -0.0927. The molecular formula is C22H31N7O2. The van der Waals surface area contributed by atoms with E-state index in [0.29, 0.717) is 13.1 Å². The third kappa shape index (κ3) is 5.16. The highest BCUT2D eigenvalue weighted by Gasteiger charge is 2.24. The summed E-state index contributed by atoms with van der Waals surface area (Å²) in [5, 5.41) is 2.96. The van der Waals surface area contributed by atoms with Gasteiger partial charge >= 0.3 is 6.03 Å². The summed E-state index contributed by atoms with van der Waals surface area (Å²) in [7, 11) is 3.77. The van der Waals surface area contributed by atoms with Crippen LogP contribution in [-0.2, 0) is 0 Å². The Hall–Kier alpha value is -3.07. The SMILES string of the molecule is COc1cccc(NC(=O)N2CCN(c3cc(N4CCN(C)CC4)nc(C)n3)CC2)c1. The Morgan fingerprint density at radius 2 is 1.55 bits per heavy atom. The highest BCUT2D eigenvalue weighted by molar-refractivity contribution is 5.89. The van der Waals surface area contributed by atoms with E-state index in [4.69, 9.17) is 4.74 Å². The second-order valence-electron chi connectivity index (χ2n) is 8.06. The third-order valence-electron chi connectivity index (χ3n) is 5.85. The molecule has 2 aromatic rings. The third-order valence-corrected chi connectivity index (χ3v) is 5.85. The van der Waals surface area contributed by atoms with E-state index in [-0.39, 0.29) is 6.03 Å². The second kappa shape index (κ2) is 9.38. The van der Waals surface area contributed by atoms with E-state index in [0.717, 1.165) is 68.2 Å². The van der Waals surface area contributed by atoms with Gasteiger partial charge in [0.25, 0.3) is 0 Å². The predicted molar refractivity (Wildman–Crippen MR) is 122 cm³/mol. The average Bonchev–Trinajstić information content (AvgIpc) is 2.79. The van der Waals surface area contributed by atoms with E-state index in [1.165, 1.54) is 0 Å². The maximum absolute atomic E-state index is 12.7. The number of piperazine rings is 2. The van der Waals surface area contributed by atoms with Gasteiger partial charge in [-0.25, -0.2) is 14.8 Å². The standard InChI is InChI=1S/C22H31N7O2/c1-17-23-20(27-9-7-26(2)8-10-27)16-21(24-17)28-11-13-29(14-12-28)22(30)25-18-5-4-6-19(15-18)31-3/h4-6,15-16H,7-14H2,1-3H3,(H,25,30). The van der Waals surface area contributed by atoms with Gasteiger partial charge in [-0.15, -0.1) is 0 Å². The molecule has 0 atom stereocenters. The number of urea groups is 1. The summed E-state index contributed by atoms with van der Waals surface area (Å²) in [6.45, 7) is 8.74. The smallest absolute Gasteiger partial charge is 0.321 e. The number of aryl methyl sites for hydroxylation is 1. The minimum Gasteiger partial charge on any atom is -0.497 e. The number of rotatable bonds is 4. The van der Waals surface area contributed by atoms with Crippen LogP contribution < -0.4 is 19.9 Å². The second-order valence-corrected chi connectivity index (χ2v) is 8.06. The summed E-state index contributed by atoms with van der Waals surface area (Å²) in [6.07, 6.45) is 0. The largest absolute Gasteiger partial charge is 0.497 e. The maximum Gasteiger partial charge on any atom is 0.321 e. The molecule has 0 unspecified atom stereocenters. The summed E-state index contributed by atoms with van der Waals surface area (Å²) >= 11 is 0. The monoisotopic (exact) mass is 425 g/mol. The Bertz CT molecular complexity index is 906. The molecule has 2 aliphatic rings. The maximum atomic E-state index is 12.7. The molecule has 166 valence electrons. The number of carbonyl (C=O) groups is 1. The van der Waals surface area contributed by atoms with E-state index in [1.54, 1.807) is 7.11 Å². The number of nitrogens with one attached hydrogen (secondary N) is 1. The van der Waals surface area contributed by atoms with Crippen LogP contribution in [0.4, 0.5) is 22.1 Å². The van der Waals surface area contributed by atoms with E-state index in [9.17, 15) is 4.79 Å². The topological polar surface area (TPSA) is 77.1 Å². The molecule has 1 aromatic carbocycles. The Balaban J connectivity index is 1.36. The number of likely N-dealkylation sites (N-methyl/N-ethyl adjacent to an activating group) is 1. The average molecular weight is 426 g/mol. The number of carbonyl (C=O) groups excluding carboxylic acids is 1. The van der Waals surface area contributed by atoms with E-state index >= 15 is 0 Å². The lowest BCUT2D eigenvalue weighted by molar-refractivity contribution is 0.208. The van der Waals surface area contributed by atoms with Crippen LogP contribution in [0, 0.1) is 6.92 Å². The first-order chi connectivity index (χ1) is 15.0. The molecule has 2 aliphatic heterocycles. The van der Waals surface area contributed by atoms with Gasteiger partial charge in [0.05, 0.1) is 7.11 Å². The van der Waals surface area contributed by atoms with Crippen molar-refractivity contribution in [2.75, 3.05) is 81.6 Å². The fourth-order valence-electron chi connectivity index (χ4n) is 3.94. The van der Waals surface area contributed by atoms with E-state index in [1.807, 2.05) is 36.1 Å². The Labute approximate surface area is 183 Å².